The van der Waals surface area contributed by atoms with Gasteiger partial charge >= 0.3 is 6.18 Å². The van der Waals surface area contributed by atoms with Crippen LogP contribution in [-0.4, -0.2) is 17.9 Å². The molecule has 1 aliphatic carbocycles. The molecule has 0 aromatic rings. The van der Waals surface area contributed by atoms with E-state index in [1.165, 1.54) is 6.08 Å². The van der Waals surface area contributed by atoms with E-state index >= 15 is 0 Å². The highest BCUT2D eigenvalue weighted by Gasteiger charge is 2.37. The van der Waals surface area contributed by atoms with Gasteiger partial charge in [0.1, 0.15) is 0 Å². The van der Waals surface area contributed by atoms with Crippen LogP contribution in [0.3, 0.4) is 0 Å². The number of hydrogen-bond donors (Lipinski definition) is 1. The molecule has 1 atom stereocenters. The first-order valence-corrected chi connectivity index (χ1v) is 4.09. The van der Waals surface area contributed by atoms with Crippen molar-refractivity contribution < 1.29 is 18.3 Å². The van der Waals surface area contributed by atoms with Crippen LogP contribution in [0.5, 0.6) is 0 Å². The Labute approximate surface area is 78.5 Å². The van der Waals surface area contributed by atoms with E-state index in [1.807, 2.05) is 0 Å². The molecule has 13 heavy (non-hydrogen) atoms. The van der Waals surface area contributed by atoms with E-state index in [-0.39, 0.29) is 11.6 Å². The van der Waals surface area contributed by atoms with Crippen LogP contribution in [0.2, 0.25) is 0 Å². The monoisotopic (exact) mass is 212 g/mol. The summed E-state index contributed by atoms with van der Waals surface area (Å²) in [6.07, 6.45) is -1.82. The molecule has 0 saturated carbocycles. The van der Waals surface area contributed by atoms with Gasteiger partial charge in [0.15, 0.2) is 0 Å². The van der Waals surface area contributed by atoms with E-state index in [0.717, 1.165) is 6.08 Å². The van der Waals surface area contributed by atoms with E-state index in [1.54, 1.807) is 0 Å². The standard InChI is InChI=1S/C8H8ClF3O/c9-7-2-1-5(4-13)3-6(7)8(10,11)12/h2-3,5,13H,1,4H2. The largest absolute Gasteiger partial charge is 0.417 e. The van der Waals surface area contributed by atoms with Gasteiger partial charge in [0.25, 0.3) is 0 Å². The maximum absolute atomic E-state index is 12.2. The highest BCUT2D eigenvalue weighted by Crippen LogP contribution is 2.37. The molecule has 0 heterocycles. The van der Waals surface area contributed by atoms with Crippen LogP contribution in [0.4, 0.5) is 13.2 Å². The Morgan fingerprint density at radius 1 is 1.54 bits per heavy atom. The number of allylic oxidation sites excluding steroid dienone is 3. The molecule has 1 rings (SSSR count). The normalized spacial score (nSPS) is 23.9. The average Bonchev–Trinajstić information content (AvgIpc) is 2.03. The summed E-state index contributed by atoms with van der Waals surface area (Å²) in [5.41, 5.74) is -0.848. The van der Waals surface area contributed by atoms with Crippen LogP contribution in [-0.2, 0) is 0 Å². The van der Waals surface area contributed by atoms with Crippen molar-refractivity contribution in [2.75, 3.05) is 6.61 Å². The summed E-state index contributed by atoms with van der Waals surface area (Å²) in [4.78, 5) is 0. The zero-order chi connectivity index (χ0) is 10.1. The van der Waals surface area contributed by atoms with Crippen LogP contribution in [0, 0.1) is 5.92 Å². The lowest BCUT2D eigenvalue weighted by Crippen LogP contribution is -2.17. The lowest BCUT2D eigenvalue weighted by atomic mass is 9.96. The summed E-state index contributed by atoms with van der Waals surface area (Å²) in [5, 5.41) is 8.40. The molecular weight excluding hydrogens is 205 g/mol. The molecule has 1 nitrogen and oxygen atoms in total. The molecule has 1 N–H and O–H groups in total. The number of rotatable bonds is 1. The fourth-order valence-corrected chi connectivity index (χ4v) is 1.36. The van der Waals surface area contributed by atoms with Crippen molar-refractivity contribution in [1.82, 2.24) is 0 Å². The van der Waals surface area contributed by atoms with Crippen LogP contribution < -0.4 is 0 Å². The number of hydrogen-bond acceptors (Lipinski definition) is 1. The quantitative estimate of drug-likeness (QED) is 0.709. The molecular formula is C8H8ClF3O. The van der Waals surface area contributed by atoms with Crippen molar-refractivity contribution in [3.63, 3.8) is 0 Å². The van der Waals surface area contributed by atoms with Crippen LogP contribution >= 0.6 is 11.6 Å². The van der Waals surface area contributed by atoms with Gasteiger partial charge in [-0.05, 0) is 6.42 Å². The Hall–Kier alpha value is -0.480. The molecule has 1 unspecified atom stereocenters. The molecule has 5 heteroatoms. The topological polar surface area (TPSA) is 20.2 Å². The maximum atomic E-state index is 12.2. The first kappa shape index (κ1) is 10.6. The molecule has 0 radical (unpaired) electrons. The Kier molecular flexibility index (Phi) is 3.03. The summed E-state index contributed by atoms with van der Waals surface area (Å²) in [7, 11) is 0. The maximum Gasteiger partial charge on any atom is 0.417 e. The van der Waals surface area contributed by atoms with Crippen LogP contribution in [0.15, 0.2) is 22.8 Å². The van der Waals surface area contributed by atoms with Crippen molar-refractivity contribution in [3.05, 3.63) is 22.8 Å². The van der Waals surface area contributed by atoms with E-state index in [2.05, 4.69) is 0 Å². The lowest BCUT2D eigenvalue weighted by Gasteiger charge is -2.18. The molecule has 0 amide bonds. The predicted octanol–water partition coefficient (Wildman–Crippen LogP) is 2.61. The third-order valence-electron chi connectivity index (χ3n) is 1.80. The van der Waals surface area contributed by atoms with Crippen molar-refractivity contribution in [3.8, 4) is 0 Å². The van der Waals surface area contributed by atoms with Gasteiger partial charge in [-0.2, -0.15) is 13.2 Å². The zero-order valence-corrected chi connectivity index (χ0v) is 7.36. The summed E-state index contributed by atoms with van der Waals surface area (Å²) in [5.74, 6) is -0.473. The van der Waals surface area contributed by atoms with Crippen molar-refractivity contribution in [2.24, 2.45) is 5.92 Å². The Bertz CT molecular complexity index is 255. The third-order valence-corrected chi connectivity index (χ3v) is 2.16. The van der Waals surface area contributed by atoms with Gasteiger partial charge in [0.05, 0.1) is 5.57 Å². The minimum absolute atomic E-state index is 0.280. The molecule has 74 valence electrons. The first-order valence-electron chi connectivity index (χ1n) is 3.71. The Morgan fingerprint density at radius 3 is 2.62 bits per heavy atom. The van der Waals surface area contributed by atoms with Gasteiger partial charge < -0.3 is 5.11 Å². The number of aliphatic hydroxyl groups is 1. The predicted molar refractivity (Wildman–Crippen MR) is 43.3 cm³/mol. The van der Waals surface area contributed by atoms with Gasteiger partial charge in [-0.1, -0.05) is 23.8 Å². The van der Waals surface area contributed by atoms with Gasteiger partial charge in [-0.3, -0.25) is 0 Å². The van der Waals surface area contributed by atoms with Crippen molar-refractivity contribution >= 4 is 11.6 Å². The minimum atomic E-state index is -4.43. The second kappa shape index (κ2) is 3.72. The van der Waals surface area contributed by atoms with E-state index in [9.17, 15) is 13.2 Å². The molecule has 0 aromatic heterocycles. The SMILES string of the molecule is OCC1C=C(C(F)(F)F)C(Cl)=CC1. The number of aliphatic hydroxyl groups excluding tert-OH is 1. The van der Waals surface area contributed by atoms with Crippen LogP contribution in [0.25, 0.3) is 0 Å². The fraction of sp³-hybridized carbons (Fsp3) is 0.500. The van der Waals surface area contributed by atoms with Gasteiger partial charge in [-0.15, -0.1) is 0 Å². The van der Waals surface area contributed by atoms with Gasteiger partial charge in [0.2, 0.25) is 0 Å². The zero-order valence-electron chi connectivity index (χ0n) is 6.61. The summed E-state index contributed by atoms with van der Waals surface area (Å²) in [6, 6.07) is 0. The van der Waals surface area contributed by atoms with Gasteiger partial charge in [-0.25, -0.2) is 0 Å². The highest BCUT2D eigenvalue weighted by molar-refractivity contribution is 6.32. The molecule has 0 aromatic carbocycles. The lowest BCUT2D eigenvalue weighted by molar-refractivity contribution is -0.0894. The highest BCUT2D eigenvalue weighted by atomic mass is 35.5. The molecule has 0 aliphatic heterocycles. The minimum Gasteiger partial charge on any atom is -0.396 e. The smallest absolute Gasteiger partial charge is 0.396 e. The Balaban J connectivity index is 2.91. The van der Waals surface area contributed by atoms with Gasteiger partial charge in [0, 0.05) is 17.6 Å². The molecule has 0 saturated heterocycles. The summed E-state index contributed by atoms with van der Waals surface area (Å²) >= 11 is 5.38. The summed E-state index contributed by atoms with van der Waals surface area (Å²) < 4.78 is 36.7. The van der Waals surface area contributed by atoms with E-state index in [4.69, 9.17) is 16.7 Å². The van der Waals surface area contributed by atoms with E-state index < -0.39 is 17.7 Å². The molecule has 0 bridgehead atoms. The van der Waals surface area contributed by atoms with Crippen molar-refractivity contribution in [2.45, 2.75) is 12.6 Å². The first-order chi connectivity index (χ1) is 5.95. The molecule has 0 spiro atoms. The third kappa shape index (κ3) is 2.48. The average molecular weight is 213 g/mol. The second-order valence-corrected chi connectivity index (χ2v) is 3.22. The second-order valence-electron chi connectivity index (χ2n) is 2.81. The van der Waals surface area contributed by atoms with E-state index in [0.29, 0.717) is 6.42 Å². The fourth-order valence-electron chi connectivity index (χ4n) is 1.11. The summed E-state index contributed by atoms with van der Waals surface area (Å²) in [6.45, 7) is -0.291. The number of alkyl halides is 3. The molecule has 1 aliphatic rings. The Morgan fingerprint density at radius 2 is 2.15 bits per heavy atom. The van der Waals surface area contributed by atoms with Crippen LogP contribution in [0.1, 0.15) is 6.42 Å². The number of halogens is 4. The van der Waals surface area contributed by atoms with Crippen molar-refractivity contribution in [1.29, 1.82) is 0 Å². The molecule has 0 fully saturated rings.